The van der Waals surface area contributed by atoms with Crippen molar-refractivity contribution in [2.75, 3.05) is 6.54 Å². The minimum Gasteiger partial charge on any atom is -0.455 e. The standard InChI is InChI=1S/C13H11N3O5S3/c17-11(6-14-24(18,19)12-2-1-4-23-12)20-7-10-15-13(16-21-10)9-3-5-22-8-9/h1-5,8,14H,6-7H2. The number of hydrogen-bond acceptors (Lipinski definition) is 9. The number of esters is 1. The summed E-state index contributed by atoms with van der Waals surface area (Å²) < 4.78 is 35.9. The van der Waals surface area contributed by atoms with E-state index in [9.17, 15) is 13.2 Å². The number of nitrogens with zero attached hydrogens (tertiary/aromatic N) is 2. The molecule has 3 aromatic heterocycles. The number of ether oxygens (including phenoxy) is 1. The Hall–Kier alpha value is -2.08. The number of nitrogens with one attached hydrogen (secondary N) is 1. The Balaban J connectivity index is 1.49. The second-order valence-electron chi connectivity index (χ2n) is 4.44. The van der Waals surface area contributed by atoms with E-state index in [-0.39, 0.29) is 16.7 Å². The first-order valence-electron chi connectivity index (χ1n) is 6.58. The molecule has 24 heavy (non-hydrogen) atoms. The highest BCUT2D eigenvalue weighted by atomic mass is 32.2. The van der Waals surface area contributed by atoms with Gasteiger partial charge in [-0.3, -0.25) is 4.79 Å². The number of aromatic nitrogens is 2. The van der Waals surface area contributed by atoms with Crippen molar-refractivity contribution in [1.29, 1.82) is 0 Å². The van der Waals surface area contributed by atoms with Crippen molar-refractivity contribution in [3.8, 4) is 11.4 Å². The summed E-state index contributed by atoms with van der Waals surface area (Å²) in [6, 6.07) is 4.89. The fourth-order valence-corrected chi connectivity index (χ4v) is 4.30. The maximum Gasteiger partial charge on any atom is 0.321 e. The van der Waals surface area contributed by atoms with Crippen LogP contribution in [-0.2, 0) is 26.2 Å². The van der Waals surface area contributed by atoms with Crippen molar-refractivity contribution in [3.63, 3.8) is 0 Å². The van der Waals surface area contributed by atoms with Gasteiger partial charge in [-0.25, -0.2) is 8.42 Å². The predicted molar refractivity (Wildman–Crippen MR) is 86.9 cm³/mol. The normalized spacial score (nSPS) is 11.5. The number of hydrogen-bond donors (Lipinski definition) is 1. The van der Waals surface area contributed by atoms with E-state index in [1.165, 1.54) is 17.4 Å². The molecule has 3 heterocycles. The van der Waals surface area contributed by atoms with E-state index in [4.69, 9.17) is 9.26 Å². The lowest BCUT2D eigenvalue weighted by Gasteiger charge is -2.04. The molecule has 0 atom stereocenters. The van der Waals surface area contributed by atoms with Gasteiger partial charge >= 0.3 is 5.97 Å². The van der Waals surface area contributed by atoms with Crippen molar-refractivity contribution in [2.24, 2.45) is 0 Å². The fourth-order valence-electron chi connectivity index (χ4n) is 1.66. The molecule has 0 spiro atoms. The van der Waals surface area contributed by atoms with Crippen LogP contribution < -0.4 is 4.72 Å². The summed E-state index contributed by atoms with van der Waals surface area (Å²) in [4.78, 5) is 15.7. The molecule has 0 aromatic carbocycles. The van der Waals surface area contributed by atoms with Crippen molar-refractivity contribution >= 4 is 38.7 Å². The van der Waals surface area contributed by atoms with Crippen LogP contribution in [-0.4, -0.2) is 31.1 Å². The third kappa shape index (κ3) is 4.06. The zero-order chi connectivity index (χ0) is 17.0. The highest BCUT2D eigenvalue weighted by molar-refractivity contribution is 7.91. The Labute approximate surface area is 145 Å². The van der Waals surface area contributed by atoms with Crippen LogP contribution in [0.2, 0.25) is 0 Å². The number of rotatable bonds is 7. The molecule has 0 saturated heterocycles. The van der Waals surface area contributed by atoms with E-state index < -0.39 is 22.5 Å². The second-order valence-corrected chi connectivity index (χ2v) is 8.16. The van der Waals surface area contributed by atoms with Gasteiger partial charge in [0, 0.05) is 10.9 Å². The largest absolute Gasteiger partial charge is 0.455 e. The smallest absolute Gasteiger partial charge is 0.321 e. The van der Waals surface area contributed by atoms with Crippen molar-refractivity contribution in [3.05, 3.63) is 40.2 Å². The number of sulfonamides is 1. The molecule has 3 aromatic rings. The molecule has 0 bridgehead atoms. The van der Waals surface area contributed by atoms with Gasteiger partial charge in [0.05, 0.1) is 0 Å². The Kier molecular flexibility index (Phi) is 5.04. The second kappa shape index (κ2) is 7.21. The summed E-state index contributed by atoms with van der Waals surface area (Å²) in [5.74, 6) is -0.211. The lowest BCUT2D eigenvalue weighted by molar-refractivity contribution is -0.144. The van der Waals surface area contributed by atoms with Crippen LogP contribution in [0, 0.1) is 0 Å². The highest BCUT2D eigenvalue weighted by Gasteiger charge is 2.17. The summed E-state index contributed by atoms with van der Waals surface area (Å²) in [6.07, 6.45) is 0. The number of carbonyl (C=O) groups is 1. The molecule has 11 heteroatoms. The van der Waals surface area contributed by atoms with Crippen LogP contribution in [0.25, 0.3) is 11.4 Å². The molecular formula is C13H11N3O5S3. The van der Waals surface area contributed by atoms with Gasteiger partial charge in [0.2, 0.25) is 5.82 Å². The van der Waals surface area contributed by atoms with Crippen molar-refractivity contribution in [1.82, 2.24) is 14.9 Å². The zero-order valence-electron chi connectivity index (χ0n) is 12.0. The maximum absolute atomic E-state index is 11.9. The van der Waals surface area contributed by atoms with Crippen LogP contribution >= 0.6 is 22.7 Å². The summed E-state index contributed by atoms with van der Waals surface area (Å²) in [6.45, 7) is -0.706. The lowest BCUT2D eigenvalue weighted by Crippen LogP contribution is -2.30. The Bertz CT molecular complexity index is 901. The molecular weight excluding hydrogens is 374 g/mol. The van der Waals surface area contributed by atoms with Gasteiger partial charge in [-0.15, -0.1) is 11.3 Å². The fraction of sp³-hybridized carbons (Fsp3) is 0.154. The molecule has 8 nitrogen and oxygen atoms in total. The van der Waals surface area contributed by atoms with Crippen molar-refractivity contribution < 1.29 is 22.5 Å². The molecule has 0 aliphatic carbocycles. The Morgan fingerprint density at radius 3 is 2.92 bits per heavy atom. The van der Waals surface area contributed by atoms with Crippen molar-refractivity contribution in [2.45, 2.75) is 10.8 Å². The predicted octanol–water partition coefficient (Wildman–Crippen LogP) is 1.88. The van der Waals surface area contributed by atoms with Gasteiger partial charge in [0.1, 0.15) is 10.8 Å². The molecule has 0 radical (unpaired) electrons. The van der Waals surface area contributed by atoms with E-state index in [0.29, 0.717) is 5.82 Å². The van der Waals surface area contributed by atoms with Gasteiger partial charge in [0.25, 0.3) is 15.9 Å². The molecule has 0 unspecified atom stereocenters. The number of carbonyl (C=O) groups excluding carboxylic acids is 1. The molecule has 126 valence electrons. The van der Waals surface area contributed by atoms with Gasteiger partial charge in [-0.2, -0.15) is 21.0 Å². The molecule has 0 amide bonds. The quantitative estimate of drug-likeness (QED) is 0.618. The Morgan fingerprint density at radius 2 is 2.21 bits per heavy atom. The number of thiophene rings is 2. The van der Waals surface area contributed by atoms with Crippen LogP contribution in [0.4, 0.5) is 0 Å². The van der Waals surface area contributed by atoms with E-state index in [1.54, 1.807) is 11.4 Å². The van der Waals surface area contributed by atoms with E-state index in [2.05, 4.69) is 14.9 Å². The molecule has 0 aliphatic heterocycles. The topological polar surface area (TPSA) is 111 Å². The first-order valence-corrected chi connectivity index (χ1v) is 9.89. The van der Waals surface area contributed by atoms with Crippen LogP contribution in [0.15, 0.2) is 43.1 Å². The van der Waals surface area contributed by atoms with Crippen LogP contribution in [0.1, 0.15) is 5.89 Å². The van der Waals surface area contributed by atoms with Gasteiger partial charge in [-0.1, -0.05) is 11.2 Å². The van der Waals surface area contributed by atoms with Gasteiger partial charge < -0.3 is 9.26 Å². The van der Waals surface area contributed by atoms with Gasteiger partial charge in [-0.05, 0) is 22.9 Å². The molecule has 1 N–H and O–H groups in total. The molecule has 0 fully saturated rings. The summed E-state index contributed by atoms with van der Waals surface area (Å²) in [7, 11) is -3.70. The molecule has 3 rings (SSSR count). The van der Waals surface area contributed by atoms with Crippen LogP contribution in [0.5, 0.6) is 0 Å². The molecule has 0 saturated carbocycles. The third-order valence-electron chi connectivity index (χ3n) is 2.77. The first kappa shape index (κ1) is 16.8. The minimum absolute atomic E-state index is 0.130. The summed E-state index contributed by atoms with van der Waals surface area (Å²) in [5.41, 5.74) is 0.810. The van der Waals surface area contributed by atoms with Crippen LogP contribution in [0.3, 0.4) is 0 Å². The minimum atomic E-state index is -3.70. The lowest BCUT2D eigenvalue weighted by atomic mass is 10.3. The third-order valence-corrected chi connectivity index (χ3v) is 6.25. The Morgan fingerprint density at radius 1 is 1.33 bits per heavy atom. The first-order chi connectivity index (χ1) is 11.5. The maximum atomic E-state index is 11.9. The molecule has 0 aliphatic rings. The average molecular weight is 385 g/mol. The zero-order valence-corrected chi connectivity index (χ0v) is 14.5. The highest BCUT2D eigenvalue weighted by Crippen LogP contribution is 2.19. The average Bonchev–Trinajstić information content (AvgIpc) is 3.32. The van der Waals surface area contributed by atoms with E-state index in [0.717, 1.165) is 16.9 Å². The van der Waals surface area contributed by atoms with Gasteiger partial charge in [0.15, 0.2) is 6.61 Å². The summed E-state index contributed by atoms with van der Waals surface area (Å²) in [5, 5.41) is 9.15. The SMILES string of the molecule is O=C(CNS(=O)(=O)c1cccs1)OCc1nc(-c2ccsc2)no1. The van der Waals surface area contributed by atoms with E-state index in [1.807, 2.05) is 16.8 Å². The summed E-state index contributed by atoms with van der Waals surface area (Å²) >= 11 is 2.56. The van der Waals surface area contributed by atoms with E-state index >= 15 is 0 Å². The monoisotopic (exact) mass is 385 g/mol.